The lowest BCUT2D eigenvalue weighted by Gasteiger charge is -2.39. The third-order valence-corrected chi connectivity index (χ3v) is 7.08. The molecule has 6 nitrogen and oxygen atoms in total. The Kier molecular flexibility index (Phi) is 5.68. The van der Waals surface area contributed by atoms with Crippen LogP contribution in [0.3, 0.4) is 0 Å². The second kappa shape index (κ2) is 8.58. The van der Waals surface area contributed by atoms with E-state index in [9.17, 15) is 4.79 Å². The van der Waals surface area contributed by atoms with E-state index in [0.717, 1.165) is 61.5 Å². The maximum absolute atomic E-state index is 13.0. The molecule has 30 heavy (non-hydrogen) atoms. The van der Waals surface area contributed by atoms with E-state index in [2.05, 4.69) is 39.5 Å². The number of hydrogen-bond donors (Lipinski definition) is 2. The fraction of sp³-hybridized carbons (Fsp3) is 0.625. The van der Waals surface area contributed by atoms with E-state index in [4.69, 9.17) is 0 Å². The number of rotatable bonds is 3. The fourth-order valence-electron chi connectivity index (χ4n) is 5.37. The summed E-state index contributed by atoms with van der Waals surface area (Å²) >= 11 is 0. The summed E-state index contributed by atoms with van der Waals surface area (Å²) in [6.07, 6.45) is 4.77. The minimum Gasteiger partial charge on any atom is -0.317 e. The first-order chi connectivity index (χ1) is 14.7. The van der Waals surface area contributed by atoms with E-state index in [1.165, 1.54) is 32.5 Å². The van der Waals surface area contributed by atoms with Crippen LogP contribution in [0.5, 0.6) is 0 Å². The van der Waals surface area contributed by atoms with Crippen molar-refractivity contribution in [3.8, 4) is 11.8 Å². The summed E-state index contributed by atoms with van der Waals surface area (Å²) in [6, 6.07) is 6.40. The van der Waals surface area contributed by atoms with Crippen LogP contribution in [0.4, 0.5) is 0 Å². The number of piperidine rings is 2. The van der Waals surface area contributed by atoms with Gasteiger partial charge < -0.3 is 15.5 Å². The predicted molar refractivity (Wildman–Crippen MR) is 121 cm³/mol. The average Bonchev–Trinajstić information content (AvgIpc) is 3.02. The van der Waals surface area contributed by atoms with Crippen LogP contribution in [0.1, 0.15) is 37.3 Å². The molecule has 2 N–H and O–H groups in total. The first-order valence-corrected chi connectivity index (χ1v) is 11.6. The largest absolute Gasteiger partial charge is 0.329 e. The van der Waals surface area contributed by atoms with Gasteiger partial charge in [0.2, 0.25) is 0 Å². The molecular weight excluding hydrogens is 374 g/mol. The number of imidazole rings is 1. The highest BCUT2D eigenvalue weighted by Crippen LogP contribution is 2.24. The lowest BCUT2D eigenvalue weighted by atomic mass is 9.93. The Morgan fingerprint density at radius 3 is 2.70 bits per heavy atom. The number of para-hydroxylation sites is 1. The quantitative estimate of drug-likeness (QED) is 0.758. The smallest absolute Gasteiger partial charge is 0.317 e. The summed E-state index contributed by atoms with van der Waals surface area (Å²) < 4.78 is 3.77. The van der Waals surface area contributed by atoms with Crippen molar-refractivity contribution >= 4 is 11.0 Å². The van der Waals surface area contributed by atoms with E-state index < -0.39 is 0 Å². The van der Waals surface area contributed by atoms with Gasteiger partial charge in [0.25, 0.3) is 0 Å². The van der Waals surface area contributed by atoms with E-state index in [1.54, 1.807) is 4.57 Å². The normalized spacial score (nSPS) is 23.8. The fourth-order valence-corrected chi connectivity index (χ4v) is 5.37. The molecular formula is C24H33N5O. The third-order valence-electron chi connectivity index (χ3n) is 7.08. The van der Waals surface area contributed by atoms with Crippen molar-refractivity contribution in [1.82, 2.24) is 24.7 Å². The van der Waals surface area contributed by atoms with Crippen molar-refractivity contribution in [1.29, 1.82) is 0 Å². The van der Waals surface area contributed by atoms with E-state index in [1.807, 2.05) is 17.7 Å². The van der Waals surface area contributed by atoms with Crippen molar-refractivity contribution in [2.45, 2.75) is 31.7 Å². The standard InChI is InChI=1S/C24H33N5O/c1-27-23-20(8-7-19-16-28(17-19)15-18-9-12-25-13-10-18)4-2-6-22(23)29(24(27)30)21-5-3-11-26-14-21/h2,4,6,18-19,21,25-26H,3,5,9-17H2,1H3. The molecule has 0 radical (unpaired) electrons. The first kappa shape index (κ1) is 19.9. The molecule has 1 atom stereocenters. The first-order valence-electron chi connectivity index (χ1n) is 11.6. The minimum atomic E-state index is 0.0738. The average molecular weight is 408 g/mol. The number of fused-ring (bicyclic) bond motifs is 1. The molecule has 3 saturated heterocycles. The Hall–Kier alpha value is -2.07. The molecule has 0 bridgehead atoms. The second-order valence-corrected chi connectivity index (χ2v) is 9.26. The van der Waals surface area contributed by atoms with Crippen LogP contribution in [0.25, 0.3) is 11.0 Å². The summed E-state index contributed by atoms with van der Waals surface area (Å²) in [6.45, 7) is 7.64. The molecule has 4 heterocycles. The molecule has 3 fully saturated rings. The van der Waals surface area contributed by atoms with E-state index in [0.29, 0.717) is 5.92 Å². The van der Waals surface area contributed by atoms with Crippen LogP contribution < -0.4 is 16.3 Å². The minimum absolute atomic E-state index is 0.0738. The lowest BCUT2D eigenvalue weighted by Crippen LogP contribution is -2.49. The lowest BCUT2D eigenvalue weighted by molar-refractivity contribution is 0.104. The molecule has 2 aromatic rings. The highest BCUT2D eigenvalue weighted by molar-refractivity contribution is 5.83. The van der Waals surface area contributed by atoms with Crippen LogP contribution >= 0.6 is 0 Å². The Labute approximate surface area is 178 Å². The summed E-state index contributed by atoms with van der Waals surface area (Å²) in [5, 5.41) is 6.88. The summed E-state index contributed by atoms with van der Waals surface area (Å²) in [5.41, 5.74) is 3.05. The van der Waals surface area contributed by atoms with Gasteiger partial charge in [-0.05, 0) is 63.4 Å². The van der Waals surface area contributed by atoms with Gasteiger partial charge in [0, 0.05) is 39.1 Å². The Morgan fingerprint density at radius 2 is 1.93 bits per heavy atom. The second-order valence-electron chi connectivity index (χ2n) is 9.26. The van der Waals surface area contributed by atoms with Crippen LogP contribution in [-0.4, -0.2) is 59.8 Å². The molecule has 0 amide bonds. The van der Waals surface area contributed by atoms with Crippen LogP contribution in [0.2, 0.25) is 0 Å². The molecule has 3 aliphatic heterocycles. The number of likely N-dealkylation sites (tertiary alicyclic amines) is 1. The molecule has 1 unspecified atom stereocenters. The summed E-state index contributed by atoms with van der Waals surface area (Å²) in [7, 11) is 1.88. The van der Waals surface area contributed by atoms with Gasteiger partial charge in [-0.3, -0.25) is 9.13 Å². The number of benzene rings is 1. The number of aromatic nitrogens is 2. The number of nitrogens with zero attached hydrogens (tertiary/aromatic N) is 3. The highest BCUT2D eigenvalue weighted by Gasteiger charge is 2.28. The maximum Gasteiger partial charge on any atom is 0.329 e. The highest BCUT2D eigenvalue weighted by atomic mass is 16.1. The maximum atomic E-state index is 13.0. The molecule has 1 aromatic carbocycles. The molecule has 0 aliphatic carbocycles. The Morgan fingerprint density at radius 1 is 1.10 bits per heavy atom. The SMILES string of the molecule is Cn1c(=O)n(C2CCCNC2)c2cccc(C#CC3CN(CC4CCNCC4)C3)c21. The number of hydrogen-bond acceptors (Lipinski definition) is 4. The number of aryl methyl sites for hydroxylation is 1. The Balaban J connectivity index is 1.32. The molecule has 160 valence electrons. The zero-order valence-corrected chi connectivity index (χ0v) is 18.0. The zero-order chi connectivity index (χ0) is 20.5. The van der Waals surface area contributed by atoms with Crippen molar-refractivity contribution in [3.05, 3.63) is 34.2 Å². The summed E-state index contributed by atoms with van der Waals surface area (Å²) in [4.78, 5) is 15.6. The van der Waals surface area contributed by atoms with Gasteiger partial charge in [0.05, 0.1) is 22.6 Å². The number of nitrogens with one attached hydrogen (secondary N) is 2. The summed E-state index contributed by atoms with van der Waals surface area (Å²) in [5.74, 6) is 8.20. The van der Waals surface area contributed by atoms with Crippen molar-refractivity contribution in [3.63, 3.8) is 0 Å². The molecule has 0 saturated carbocycles. The molecule has 0 spiro atoms. The van der Waals surface area contributed by atoms with Crippen LogP contribution in [0, 0.1) is 23.7 Å². The van der Waals surface area contributed by atoms with Crippen molar-refractivity contribution < 1.29 is 0 Å². The van der Waals surface area contributed by atoms with Crippen LogP contribution in [-0.2, 0) is 7.05 Å². The zero-order valence-electron chi connectivity index (χ0n) is 18.0. The topological polar surface area (TPSA) is 54.2 Å². The third kappa shape index (κ3) is 3.82. The van der Waals surface area contributed by atoms with Gasteiger partial charge in [0.15, 0.2) is 0 Å². The monoisotopic (exact) mass is 407 g/mol. The van der Waals surface area contributed by atoms with E-state index >= 15 is 0 Å². The Bertz CT molecular complexity index is 1010. The van der Waals surface area contributed by atoms with Gasteiger partial charge in [-0.2, -0.15) is 0 Å². The van der Waals surface area contributed by atoms with Gasteiger partial charge in [-0.25, -0.2) is 4.79 Å². The van der Waals surface area contributed by atoms with E-state index in [-0.39, 0.29) is 11.7 Å². The van der Waals surface area contributed by atoms with Gasteiger partial charge in [0.1, 0.15) is 0 Å². The molecule has 5 rings (SSSR count). The molecule has 3 aliphatic rings. The van der Waals surface area contributed by atoms with Crippen LogP contribution in [0.15, 0.2) is 23.0 Å². The van der Waals surface area contributed by atoms with Crippen molar-refractivity contribution in [2.75, 3.05) is 45.8 Å². The van der Waals surface area contributed by atoms with Gasteiger partial charge >= 0.3 is 5.69 Å². The van der Waals surface area contributed by atoms with Gasteiger partial charge in [-0.1, -0.05) is 17.9 Å². The predicted octanol–water partition coefficient (Wildman–Crippen LogP) is 1.55. The van der Waals surface area contributed by atoms with Gasteiger partial charge in [-0.15, -0.1) is 0 Å². The molecule has 1 aromatic heterocycles. The van der Waals surface area contributed by atoms with Crippen molar-refractivity contribution in [2.24, 2.45) is 18.9 Å². The molecule has 6 heteroatoms.